The fourth-order valence-electron chi connectivity index (χ4n) is 12.8. The first-order valence-corrected chi connectivity index (χ1v) is 31.3. The lowest BCUT2D eigenvalue weighted by atomic mass is 9.98. The summed E-state index contributed by atoms with van der Waals surface area (Å²) in [4.78, 5) is 45.8. The summed E-state index contributed by atoms with van der Waals surface area (Å²) in [5.41, 5.74) is 15.3. The lowest BCUT2D eigenvalue weighted by Crippen LogP contribution is -2.03. The van der Waals surface area contributed by atoms with E-state index in [0.29, 0.717) is 80.4 Å². The molecule has 0 radical (unpaired) electrons. The molecule has 13 nitrogen and oxygen atoms in total. The van der Waals surface area contributed by atoms with Crippen LogP contribution in [0.2, 0.25) is 0 Å². The van der Waals surface area contributed by atoms with E-state index < -0.39 is 0 Å². The van der Waals surface area contributed by atoms with Crippen molar-refractivity contribution in [2.75, 3.05) is 0 Å². The van der Waals surface area contributed by atoms with Crippen LogP contribution in [0.25, 0.3) is 169 Å². The number of hydrogen-bond acceptors (Lipinski definition) is 11. The van der Waals surface area contributed by atoms with Crippen LogP contribution in [-0.4, -0.2) is 54.0 Å². The summed E-state index contributed by atoms with van der Waals surface area (Å²) >= 11 is 0. The van der Waals surface area contributed by atoms with Crippen molar-refractivity contribution < 1.29 is 0 Å². The highest BCUT2D eigenvalue weighted by Gasteiger charge is 2.24. The van der Waals surface area contributed by atoms with Crippen LogP contribution in [0.1, 0.15) is 11.1 Å². The highest BCUT2D eigenvalue weighted by Crippen LogP contribution is 2.42. The summed E-state index contributed by atoms with van der Waals surface area (Å²) in [5.74, 6) is 4.68. The summed E-state index contributed by atoms with van der Waals surface area (Å²) < 4.78 is 4.42. The van der Waals surface area contributed by atoms with E-state index >= 15 is 0 Å². The molecular formula is C83H49N13. The number of rotatable bonds is 12. The number of nitriles is 2. The van der Waals surface area contributed by atoms with Crippen LogP contribution in [-0.2, 0) is 0 Å². The summed E-state index contributed by atoms with van der Waals surface area (Å²) in [6.07, 6.45) is 0. The predicted octanol–water partition coefficient (Wildman–Crippen LogP) is 18.8. The molecule has 0 amide bonds. The van der Waals surface area contributed by atoms with Gasteiger partial charge in [-0.3, -0.25) is 0 Å². The molecular weight excluding hydrogens is 1180 g/mol. The molecule has 0 aliphatic heterocycles. The van der Waals surface area contributed by atoms with Crippen LogP contribution in [0, 0.1) is 22.7 Å². The van der Waals surface area contributed by atoms with Crippen molar-refractivity contribution in [1.82, 2.24) is 54.0 Å². The van der Waals surface area contributed by atoms with Crippen molar-refractivity contribution in [3.63, 3.8) is 0 Å². The normalized spacial score (nSPS) is 11.3. The minimum Gasteiger partial charge on any atom is -0.309 e. The Morgan fingerprint density at radius 3 is 0.927 bits per heavy atom. The summed E-state index contributed by atoms with van der Waals surface area (Å²) in [6, 6.07) is 104. The Bertz CT molecular complexity index is 5860. The number of fused-ring (bicyclic) bond motifs is 6. The topological polar surface area (TPSA) is 173 Å². The van der Waals surface area contributed by atoms with Crippen LogP contribution in [0.5, 0.6) is 0 Å². The van der Waals surface area contributed by atoms with Gasteiger partial charge in [-0.25, -0.2) is 44.9 Å². The predicted molar refractivity (Wildman–Crippen MR) is 379 cm³/mol. The Labute approximate surface area is 550 Å². The zero-order valence-corrected chi connectivity index (χ0v) is 51.1. The van der Waals surface area contributed by atoms with Gasteiger partial charge in [-0.05, 0) is 103 Å². The van der Waals surface area contributed by atoms with Gasteiger partial charge in [0.25, 0.3) is 0 Å². The molecule has 5 aromatic heterocycles. The Hall–Kier alpha value is -13.8. The molecule has 12 aromatic carbocycles. The van der Waals surface area contributed by atoms with Gasteiger partial charge in [-0.15, -0.1) is 0 Å². The lowest BCUT2D eigenvalue weighted by Gasteiger charge is -2.17. The van der Waals surface area contributed by atoms with E-state index in [9.17, 15) is 10.5 Å². The minimum absolute atomic E-state index is 0.385. The monoisotopic (exact) mass is 1230 g/mol. The Morgan fingerprint density at radius 2 is 0.531 bits per heavy atom. The molecule has 0 saturated carbocycles. The zero-order chi connectivity index (χ0) is 64.1. The molecule has 0 bridgehead atoms. The largest absolute Gasteiger partial charge is 0.309 e. The number of benzene rings is 12. The number of aromatic nitrogens is 11. The molecule has 5 heterocycles. The molecule has 17 aromatic rings. The maximum Gasteiger partial charge on any atom is 0.164 e. The third kappa shape index (κ3) is 10.2. The van der Waals surface area contributed by atoms with Crippen LogP contribution in [0.4, 0.5) is 0 Å². The van der Waals surface area contributed by atoms with Gasteiger partial charge < -0.3 is 9.13 Å². The highest BCUT2D eigenvalue weighted by atomic mass is 15.1. The Balaban J connectivity index is 0.787. The average molecular weight is 1230 g/mol. The Kier molecular flexibility index (Phi) is 13.9. The molecule has 0 N–H and O–H groups in total. The van der Waals surface area contributed by atoms with Crippen LogP contribution < -0.4 is 0 Å². The van der Waals surface area contributed by atoms with Gasteiger partial charge in [-0.2, -0.15) is 10.5 Å². The van der Waals surface area contributed by atoms with Gasteiger partial charge in [0.1, 0.15) is 6.07 Å². The van der Waals surface area contributed by atoms with E-state index in [2.05, 4.69) is 100 Å². The number of para-hydroxylation sites is 2. The smallest absolute Gasteiger partial charge is 0.164 e. The first kappa shape index (κ1) is 56.2. The molecule has 0 spiro atoms. The molecule has 0 aliphatic rings. The van der Waals surface area contributed by atoms with Crippen molar-refractivity contribution in [3.8, 4) is 137 Å². The second kappa shape index (κ2) is 23.8. The molecule has 0 atom stereocenters. The standard InChI is InChI=1S/C83H49N13/c84-50-52-21-20-32-58(45-52)66-47-60(38-42-72(66)96-71-36-19-17-34-65(71)68-49-62(40-44-74(68)96)83-91-77(55-26-10-3-11-27-55)87-78(92-83)56-28-12-4-13-29-56)81-93-79(57-30-14-5-15-31-57)88-80(94-81)59-37-41-69(63(46-59)51-85)95-70-35-18-16-33-64(70)67-48-61(39-43-73(67)95)82-89-75(53-22-6-1-7-23-53)86-76(90-82)54-24-8-2-9-25-54/h1-49H. The summed E-state index contributed by atoms with van der Waals surface area (Å²) in [6.45, 7) is 0. The lowest BCUT2D eigenvalue weighted by molar-refractivity contribution is 1.07. The van der Waals surface area contributed by atoms with Crippen molar-refractivity contribution in [2.45, 2.75) is 0 Å². The molecule has 96 heavy (non-hydrogen) atoms. The molecule has 13 heteroatoms. The first-order chi connectivity index (χ1) is 47.5. The SMILES string of the molecule is N#Cc1cccc(-c2cc(-c3nc(-c4ccccc4)nc(-c4ccc(-n5c6ccccc6c6cc(-c7nc(-c8ccccc8)nc(-c8ccccc8)n7)ccc65)c(C#N)c4)n3)ccc2-n2c3ccccc3c3cc(-c4nc(-c5ccccc5)nc(-c5ccccc5)n4)ccc32)c1. The maximum absolute atomic E-state index is 11.2. The van der Waals surface area contributed by atoms with Crippen molar-refractivity contribution in [3.05, 3.63) is 308 Å². The van der Waals surface area contributed by atoms with Crippen molar-refractivity contribution in [2.24, 2.45) is 0 Å². The fourth-order valence-corrected chi connectivity index (χ4v) is 12.8. The Morgan fingerprint density at radius 1 is 0.219 bits per heavy atom. The van der Waals surface area contributed by atoms with Gasteiger partial charge in [0.15, 0.2) is 52.4 Å². The second-order valence-corrected chi connectivity index (χ2v) is 23.2. The molecule has 17 rings (SSSR count). The van der Waals surface area contributed by atoms with E-state index in [-0.39, 0.29) is 0 Å². The highest BCUT2D eigenvalue weighted by molar-refractivity contribution is 6.12. The van der Waals surface area contributed by atoms with Crippen molar-refractivity contribution in [1.29, 1.82) is 10.5 Å². The molecule has 0 fully saturated rings. The third-order valence-corrected chi connectivity index (χ3v) is 17.3. The number of hydrogen-bond donors (Lipinski definition) is 0. The zero-order valence-electron chi connectivity index (χ0n) is 51.1. The van der Waals surface area contributed by atoms with Crippen LogP contribution in [0.3, 0.4) is 0 Å². The van der Waals surface area contributed by atoms with E-state index in [4.69, 9.17) is 44.9 Å². The summed E-state index contributed by atoms with van der Waals surface area (Å²) in [7, 11) is 0. The van der Waals surface area contributed by atoms with Gasteiger partial charge >= 0.3 is 0 Å². The summed E-state index contributed by atoms with van der Waals surface area (Å²) in [5, 5.41) is 25.6. The minimum atomic E-state index is 0.385. The van der Waals surface area contributed by atoms with E-state index in [1.807, 2.05) is 218 Å². The molecule has 0 aliphatic carbocycles. The van der Waals surface area contributed by atoms with Gasteiger partial charge in [0, 0.05) is 77.2 Å². The molecule has 0 saturated heterocycles. The quantitative estimate of drug-likeness (QED) is 0.114. The third-order valence-electron chi connectivity index (χ3n) is 17.3. The molecule has 0 unspecified atom stereocenters. The molecule has 446 valence electrons. The van der Waals surface area contributed by atoms with Crippen LogP contribution >= 0.6 is 0 Å². The number of nitrogens with zero attached hydrogens (tertiary/aromatic N) is 13. The van der Waals surface area contributed by atoms with Gasteiger partial charge in [0.2, 0.25) is 0 Å². The van der Waals surface area contributed by atoms with Crippen LogP contribution in [0.15, 0.2) is 297 Å². The van der Waals surface area contributed by atoms with Gasteiger partial charge in [0.05, 0.1) is 50.6 Å². The van der Waals surface area contributed by atoms with E-state index in [0.717, 1.165) is 99.4 Å². The fraction of sp³-hybridized carbons (Fsp3) is 0. The second-order valence-electron chi connectivity index (χ2n) is 23.2. The van der Waals surface area contributed by atoms with Crippen molar-refractivity contribution >= 4 is 43.6 Å². The van der Waals surface area contributed by atoms with E-state index in [1.54, 1.807) is 0 Å². The first-order valence-electron chi connectivity index (χ1n) is 31.3. The average Bonchev–Trinajstić information content (AvgIpc) is 1.59. The maximum atomic E-state index is 11.2. The van der Waals surface area contributed by atoms with Gasteiger partial charge in [-0.1, -0.05) is 200 Å². The van der Waals surface area contributed by atoms with E-state index in [1.165, 1.54) is 0 Å².